The van der Waals surface area contributed by atoms with Gasteiger partial charge in [-0.1, -0.05) is 31.2 Å². The summed E-state index contributed by atoms with van der Waals surface area (Å²) < 4.78 is 0. The van der Waals surface area contributed by atoms with Gasteiger partial charge >= 0.3 is 0 Å². The molecule has 0 saturated carbocycles. The van der Waals surface area contributed by atoms with Crippen LogP contribution < -0.4 is 5.32 Å². The number of hydrogen-bond donors (Lipinski definition) is 1. The number of likely N-dealkylation sites (tertiary alicyclic amines) is 1. The summed E-state index contributed by atoms with van der Waals surface area (Å²) in [6.45, 7) is 8.92. The van der Waals surface area contributed by atoms with Crippen molar-refractivity contribution >= 4 is 16.6 Å². The van der Waals surface area contributed by atoms with Gasteiger partial charge < -0.3 is 10.2 Å². The first-order valence-electron chi connectivity index (χ1n) is 7.96. The van der Waals surface area contributed by atoms with E-state index in [0.29, 0.717) is 0 Å². The number of benzene rings is 1. The van der Waals surface area contributed by atoms with Crippen LogP contribution in [-0.4, -0.2) is 41.3 Å². The molecule has 0 unspecified atom stereocenters. The fourth-order valence-corrected chi connectivity index (χ4v) is 3.21. The Hall–Kier alpha value is -1.68. The minimum Gasteiger partial charge on any atom is -0.368 e. The molecule has 0 radical (unpaired) electrons. The van der Waals surface area contributed by atoms with E-state index in [2.05, 4.69) is 51.6 Å². The van der Waals surface area contributed by atoms with Gasteiger partial charge in [0, 0.05) is 23.9 Å². The maximum Gasteiger partial charge on any atom is 0.156 e. The fourth-order valence-electron chi connectivity index (χ4n) is 3.21. The molecule has 0 aliphatic carbocycles. The zero-order valence-corrected chi connectivity index (χ0v) is 13.0. The highest BCUT2D eigenvalue weighted by atomic mass is 15.2. The summed E-state index contributed by atoms with van der Waals surface area (Å²) >= 11 is 0. The summed E-state index contributed by atoms with van der Waals surface area (Å²) in [5.74, 6) is 1.64. The number of aryl methyl sites for hydroxylation is 1. The van der Waals surface area contributed by atoms with Gasteiger partial charge in [-0.25, -0.2) is 0 Å². The standard InChI is InChI=1S/C17H24N4/c1-3-9-21-10-8-14(12-21)11-18-17-16-7-5-4-6-15(16)13(2)19-20-17/h4-7,14H,3,8-12H2,1-2H3,(H,18,20)/t14-/m1/s1. The zero-order valence-electron chi connectivity index (χ0n) is 13.0. The molecule has 1 aromatic carbocycles. The molecule has 112 valence electrons. The van der Waals surface area contributed by atoms with E-state index in [9.17, 15) is 0 Å². The van der Waals surface area contributed by atoms with Crippen LogP contribution in [0.5, 0.6) is 0 Å². The lowest BCUT2D eigenvalue weighted by Gasteiger charge is -2.15. The Morgan fingerprint density at radius 1 is 1.24 bits per heavy atom. The molecule has 1 aliphatic rings. The molecule has 4 nitrogen and oxygen atoms in total. The predicted octanol–water partition coefficient (Wildman–Crippen LogP) is 3.08. The van der Waals surface area contributed by atoms with Gasteiger partial charge in [-0.05, 0) is 38.8 Å². The molecule has 1 atom stereocenters. The summed E-state index contributed by atoms with van der Waals surface area (Å²) in [5.41, 5.74) is 0.992. The number of hydrogen-bond acceptors (Lipinski definition) is 4. The largest absolute Gasteiger partial charge is 0.368 e. The van der Waals surface area contributed by atoms with E-state index in [-0.39, 0.29) is 0 Å². The quantitative estimate of drug-likeness (QED) is 0.916. The Kier molecular flexibility index (Phi) is 4.34. The van der Waals surface area contributed by atoms with Crippen molar-refractivity contribution < 1.29 is 0 Å². The summed E-state index contributed by atoms with van der Waals surface area (Å²) in [6.07, 6.45) is 2.53. The van der Waals surface area contributed by atoms with Crippen molar-refractivity contribution in [2.75, 3.05) is 31.5 Å². The van der Waals surface area contributed by atoms with E-state index in [4.69, 9.17) is 0 Å². The summed E-state index contributed by atoms with van der Waals surface area (Å²) in [7, 11) is 0. The van der Waals surface area contributed by atoms with Gasteiger partial charge in [-0.2, -0.15) is 5.10 Å². The third-order valence-corrected chi connectivity index (χ3v) is 4.34. The van der Waals surface area contributed by atoms with E-state index in [1.165, 1.54) is 43.2 Å². The van der Waals surface area contributed by atoms with Crippen LogP contribution in [0.2, 0.25) is 0 Å². The highest BCUT2D eigenvalue weighted by Crippen LogP contribution is 2.23. The topological polar surface area (TPSA) is 41.0 Å². The molecule has 0 bridgehead atoms. The maximum absolute atomic E-state index is 4.35. The number of fused-ring (bicyclic) bond motifs is 1. The molecule has 2 heterocycles. The van der Waals surface area contributed by atoms with Gasteiger partial charge in [-0.15, -0.1) is 5.10 Å². The molecular weight excluding hydrogens is 260 g/mol. The van der Waals surface area contributed by atoms with E-state index in [1.807, 2.05) is 6.92 Å². The first kappa shape index (κ1) is 14.3. The number of aromatic nitrogens is 2. The van der Waals surface area contributed by atoms with Gasteiger partial charge in [0.1, 0.15) is 0 Å². The Morgan fingerprint density at radius 3 is 2.86 bits per heavy atom. The van der Waals surface area contributed by atoms with Crippen LogP contribution in [0.15, 0.2) is 24.3 Å². The molecule has 3 rings (SSSR count). The van der Waals surface area contributed by atoms with Crippen LogP contribution >= 0.6 is 0 Å². The molecule has 1 fully saturated rings. The summed E-state index contributed by atoms with van der Waals surface area (Å²) in [6, 6.07) is 8.36. The van der Waals surface area contributed by atoms with Crippen molar-refractivity contribution in [3.63, 3.8) is 0 Å². The lowest BCUT2D eigenvalue weighted by Crippen LogP contribution is -2.23. The van der Waals surface area contributed by atoms with Gasteiger partial charge in [0.2, 0.25) is 0 Å². The lowest BCUT2D eigenvalue weighted by atomic mass is 10.1. The molecule has 21 heavy (non-hydrogen) atoms. The van der Waals surface area contributed by atoms with Crippen molar-refractivity contribution in [2.45, 2.75) is 26.7 Å². The minimum absolute atomic E-state index is 0.721. The van der Waals surface area contributed by atoms with E-state index in [1.54, 1.807) is 0 Å². The smallest absolute Gasteiger partial charge is 0.156 e. The van der Waals surface area contributed by atoms with Crippen LogP contribution in [-0.2, 0) is 0 Å². The number of rotatable bonds is 5. The third kappa shape index (κ3) is 3.16. The highest BCUT2D eigenvalue weighted by Gasteiger charge is 2.21. The summed E-state index contributed by atoms with van der Waals surface area (Å²) in [5, 5.41) is 14.5. The molecule has 0 spiro atoms. The van der Waals surface area contributed by atoms with Crippen molar-refractivity contribution in [3.05, 3.63) is 30.0 Å². The SMILES string of the molecule is CCCN1CC[C@H](CNc2nnc(C)c3ccccc23)C1. The summed E-state index contributed by atoms with van der Waals surface area (Å²) in [4.78, 5) is 2.56. The maximum atomic E-state index is 4.35. The van der Waals surface area contributed by atoms with Gasteiger partial charge in [0.15, 0.2) is 5.82 Å². The van der Waals surface area contributed by atoms with Crippen LogP contribution in [0.1, 0.15) is 25.5 Å². The molecule has 1 aliphatic heterocycles. The fraction of sp³-hybridized carbons (Fsp3) is 0.529. The molecule has 1 N–H and O–H groups in total. The second kappa shape index (κ2) is 6.39. The normalized spacial score (nSPS) is 19.2. The van der Waals surface area contributed by atoms with Crippen LogP contribution in [0.4, 0.5) is 5.82 Å². The van der Waals surface area contributed by atoms with Crippen LogP contribution in [0.3, 0.4) is 0 Å². The van der Waals surface area contributed by atoms with Crippen LogP contribution in [0.25, 0.3) is 10.8 Å². The van der Waals surface area contributed by atoms with Crippen molar-refractivity contribution in [1.82, 2.24) is 15.1 Å². The second-order valence-corrected chi connectivity index (χ2v) is 6.02. The van der Waals surface area contributed by atoms with Gasteiger partial charge in [0.05, 0.1) is 5.69 Å². The minimum atomic E-state index is 0.721. The van der Waals surface area contributed by atoms with Crippen molar-refractivity contribution in [1.29, 1.82) is 0 Å². The Bertz CT molecular complexity index is 611. The van der Waals surface area contributed by atoms with Gasteiger partial charge in [-0.3, -0.25) is 0 Å². The number of nitrogens with one attached hydrogen (secondary N) is 1. The average molecular weight is 284 g/mol. The Morgan fingerprint density at radius 2 is 2.05 bits per heavy atom. The predicted molar refractivity (Wildman–Crippen MR) is 87.6 cm³/mol. The molecule has 1 saturated heterocycles. The molecule has 2 aromatic rings. The third-order valence-electron chi connectivity index (χ3n) is 4.34. The first-order valence-corrected chi connectivity index (χ1v) is 7.96. The van der Waals surface area contributed by atoms with E-state index in [0.717, 1.165) is 24.0 Å². The zero-order chi connectivity index (χ0) is 14.7. The Labute approximate surface area is 126 Å². The molecule has 1 aromatic heterocycles. The van der Waals surface area contributed by atoms with E-state index < -0.39 is 0 Å². The highest BCUT2D eigenvalue weighted by molar-refractivity contribution is 5.92. The first-order chi connectivity index (χ1) is 10.3. The number of anilines is 1. The molecule has 4 heteroatoms. The second-order valence-electron chi connectivity index (χ2n) is 6.02. The number of nitrogens with zero attached hydrogens (tertiary/aromatic N) is 3. The van der Waals surface area contributed by atoms with Crippen molar-refractivity contribution in [3.8, 4) is 0 Å². The molecular formula is C17H24N4. The average Bonchev–Trinajstić information content (AvgIpc) is 2.95. The lowest BCUT2D eigenvalue weighted by molar-refractivity contribution is 0.327. The Balaban J connectivity index is 1.68. The van der Waals surface area contributed by atoms with E-state index >= 15 is 0 Å². The van der Waals surface area contributed by atoms with Crippen LogP contribution in [0, 0.1) is 12.8 Å². The van der Waals surface area contributed by atoms with Crippen molar-refractivity contribution in [2.24, 2.45) is 5.92 Å². The molecule has 0 amide bonds. The van der Waals surface area contributed by atoms with Gasteiger partial charge in [0.25, 0.3) is 0 Å². The monoisotopic (exact) mass is 284 g/mol.